The van der Waals surface area contributed by atoms with Crippen molar-refractivity contribution >= 4 is 0 Å². The Morgan fingerprint density at radius 2 is 1.95 bits per heavy atom. The highest BCUT2D eigenvalue weighted by molar-refractivity contribution is 5.58. The number of aromatic hydroxyl groups is 2. The van der Waals surface area contributed by atoms with Gasteiger partial charge in [0.15, 0.2) is 5.82 Å². The van der Waals surface area contributed by atoms with Crippen LogP contribution in [0.15, 0.2) is 22.7 Å². The number of nitrogens with zero attached hydrogens (tertiary/aromatic N) is 2. The van der Waals surface area contributed by atoms with Crippen molar-refractivity contribution in [1.29, 1.82) is 0 Å². The molecule has 0 spiro atoms. The lowest BCUT2D eigenvalue weighted by molar-refractivity contribution is 0.412. The molecule has 106 valence electrons. The van der Waals surface area contributed by atoms with E-state index in [0.717, 1.165) is 24.6 Å². The van der Waals surface area contributed by atoms with Crippen molar-refractivity contribution in [2.45, 2.75) is 38.5 Å². The van der Waals surface area contributed by atoms with Crippen LogP contribution >= 0.6 is 0 Å². The molecule has 0 bridgehead atoms. The minimum atomic E-state index is -0.0216. The summed E-state index contributed by atoms with van der Waals surface area (Å²) in [5.41, 5.74) is 0.534. The molecule has 1 fully saturated rings. The Labute approximate surface area is 117 Å². The van der Waals surface area contributed by atoms with Crippen LogP contribution in [0.25, 0.3) is 11.5 Å². The van der Waals surface area contributed by atoms with Gasteiger partial charge in [0.1, 0.15) is 11.5 Å². The molecule has 1 heterocycles. The maximum Gasteiger partial charge on any atom is 0.258 e. The lowest BCUT2D eigenvalue weighted by atomic mass is 10.0. The van der Waals surface area contributed by atoms with E-state index in [9.17, 15) is 10.2 Å². The summed E-state index contributed by atoms with van der Waals surface area (Å²) in [4.78, 5) is 4.41. The van der Waals surface area contributed by atoms with Crippen LogP contribution in [-0.2, 0) is 0 Å². The van der Waals surface area contributed by atoms with E-state index in [0.29, 0.717) is 17.4 Å². The molecule has 2 aromatic rings. The second-order valence-electron chi connectivity index (χ2n) is 5.48. The van der Waals surface area contributed by atoms with Gasteiger partial charge >= 0.3 is 0 Å². The van der Waals surface area contributed by atoms with Gasteiger partial charge in [-0.15, -0.1) is 0 Å². The summed E-state index contributed by atoms with van der Waals surface area (Å²) < 4.78 is 5.26. The molecule has 20 heavy (non-hydrogen) atoms. The number of aromatic nitrogens is 2. The number of phenols is 2. The smallest absolute Gasteiger partial charge is 0.258 e. The molecule has 0 aliphatic heterocycles. The van der Waals surface area contributed by atoms with Crippen molar-refractivity contribution in [1.82, 2.24) is 10.1 Å². The summed E-state index contributed by atoms with van der Waals surface area (Å²) >= 11 is 0. The van der Waals surface area contributed by atoms with Gasteiger partial charge in [-0.1, -0.05) is 18.5 Å². The minimum Gasteiger partial charge on any atom is -0.508 e. The van der Waals surface area contributed by atoms with Gasteiger partial charge in [0.2, 0.25) is 0 Å². The summed E-state index contributed by atoms with van der Waals surface area (Å²) in [7, 11) is 0. The molecule has 0 radical (unpaired) electrons. The third kappa shape index (κ3) is 2.48. The molecule has 5 nitrogen and oxygen atoms in total. The molecule has 5 heteroatoms. The SMILES string of the molecule is CCC1CCC(c2noc(-c3cc(O)cc(O)c3)n2)C1. The Hall–Kier alpha value is -2.04. The van der Waals surface area contributed by atoms with Crippen LogP contribution in [0, 0.1) is 5.92 Å². The summed E-state index contributed by atoms with van der Waals surface area (Å²) in [6.07, 6.45) is 4.63. The van der Waals surface area contributed by atoms with Crippen molar-refractivity contribution in [2.75, 3.05) is 0 Å². The molecule has 1 saturated carbocycles. The largest absolute Gasteiger partial charge is 0.508 e. The maximum atomic E-state index is 9.49. The molecule has 2 unspecified atom stereocenters. The van der Waals surface area contributed by atoms with Gasteiger partial charge in [0.25, 0.3) is 5.89 Å². The van der Waals surface area contributed by atoms with E-state index in [1.54, 1.807) is 0 Å². The molecule has 2 N–H and O–H groups in total. The zero-order valence-electron chi connectivity index (χ0n) is 11.4. The average molecular weight is 274 g/mol. The van der Waals surface area contributed by atoms with E-state index in [4.69, 9.17) is 4.52 Å². The van der Waals surface area contributed by atoms with Gasteiger partial charge in [-0.05, 0) is 37.3 Å². The molecular weight excluding hydrogens is 256 g/mol. The second-order valence-corrected chi connectivity index (χ2v) is 5.48. The van der Waals surface area contributed by atoms with Gasteiger partial charge < -0.3 is 14.7 Å². The van der Waals surface area contributed by atoms with Crippen molar-refractivity contribution in [3.8, 4) is 23.0 Å². The second kappa shape index (κ2) is 5.15. The minimum absolute atomic E-state index is 0.0216. The van der Waals surface area contributed by atoms with Crippen LogP contribution < -0.4 is 0 Å². The first-order valence-electron chi connectivity index (χ1n) is 7.02. The van der Waals surface area contributed by atoms with E-state index in [2.05, 4.69) is 17.1 Å². The van der Waals surface area contributed by atoms with Gasteiger partial charge in [-0.3, -0.25) is 0 Å². The van der Waals surface area contributed by atoms with Crippen LogP contribution in [0.2, 0.25) is 0 Å². The number of hydrogen-bond acceptors (Lipinski definition) is 5. The molecule has 1 aliphatic carbocycles. The fourth-order valence-electron chi connectivity index (χ4n) is 2.92. The highest BCUT2D eigenvalue weighted by Crippen LogP contribution is 2.39. The topological polar surface area (TPSA) is 79.4 Å². The van der Waals surface area contributed by atoms with E-state index >= 15 is 0 Å². The van der Waals surface area contributed by atoms with Crippen LogP contribution in [-0.4, -0.2) is 20.4 Å². The molecule has 1 aliphatic rings. The molecule has 3 rings (SSSR count). The lowest BCUT2D eigenvalue weighted by Crippen LogP contribution is -1.97. The van der Waals surface area contributed by atoms with Gasteiger partial charge in [0.05, 0.1) is 0 Å². The van der Waals surface area contributed by atoms with Crippen molar-refractivity contribution < 1.29 is 14.7 Å². The molecule has 1 aromatic carbocycles. The molecular formula is C15H18N2O3. The number of phenolic OH excluding ortho intramolecular Hbond substituents is 2. The number of benzene rings is 1. The average Bonchev–Trinajstić information content (AvgIpc) is 3.06. The molecule has 1 aromatic heterocycles. The van der Waals surface area contributed by atoms with E-state index in [1.807, 2.05) is 0 Å². The van der Waals surface area contributed by atoms with Crippen LogP contribution in [0.4, 0.5) is 0 Å². The predicted molar refractivity (Wildman–Crippen MR) is 73.4 cm³/mol. The van der Waals surface area contributed by atoms with Crippen LogP contribution in [0.1, 0.15) is 44.3 Å². The fourth-order valence-corrected chi connectivity index (χ4v) is 2.92. The maximum absolute atomic E-state index is 9.49. The lowest BCUT2D eigenvalue weighted by Gasteiger charge is -2.04. The van der Waals surface area contributed by atoms with Crippen molar-refractivity contribution in [2.24, 2.45) is 5.92 Å². The summed E-state index contributed by atoms with van der Waals surface area (Å²) in [6.45, 7) is 2.21. The predicted octanol–water partition coefficient (Wildman–Crippen LogP) is 3.44. The molecule has 0 amide bonds. The first kappa shape index (κ1) is 13.0. The summed E-state index contributed by atoms with van der Waals surface area (Å²) in [6, 6.07) is 4.27. The van der Waals surface area contributed by atoms with E-state index in [1.165, 1.54) is 31.0 Å². The van der Waals surface area contributed by atoms with Gasteiger partial charge in [0, 0.05) is 17.5 Å². The fraction of sp³-hybridized carbons (Fsp3) is 0.467. The van der Waals surface area contributed by atoms with E-state index in [-0.39, 0.29) is 11.5 Å². The zero-order valence-corrected chi connectivity index (χ0v) is 11.4. The molecule has 2 atom stereocenters. The highest BCUT2D eigenvalue weighted by atomic mass is 16.5. The number of hydrogen-bond donors (Lipinski definition) is 2. The van der Waals surface area contributed by atoms with Crippen molar-refractivity contribution in [3.05, 3.63) is 24.0 Å². The van der Waals surface area contributed by atoms with Crippen molar-refractivity contribution in [3.63, 3.8) is 0 Å². The first-order valence-corrected chi connectivity index (χ1v) is 7.02. The van der Waals surface area contributed by atoms with Crippen LogP contribution in [0.3, 0.4) is 0 Å². The van der Waals surface area contributed by atoms with Gasteiger partial charge in [-0.2, -0.15) is 4.98 Å². The first-order chi connectivity index (χ1) is 9.65. The van der Waals surface area contributed by atoms with Crippen LogP contribution in [0.5, 0.6) is 11.5 Å². The standard InChI is InChI=1S/C15H18N2O3/c1-2-9-3-4-10(5-9)14-16-15(20-17-14)11-6-12(18)8-13(19)7-11/h6-10,18-19H,2-5H2,1H3. The Kier molecular flexibility index (Phi) is 3.34. The van der Waals surface area contributed by atoms with E-state index < -0.39 is 0 Å². The van der Waals surface area contributed by atoms with Gasteiger partial charge in [-0.25, -0.2) is 0 Å². The zero-order chi connectivity index (χ0) is 14.1. The summed E-state index contributed by atoms with van der Waals surface area (Å²) in [5.74, 6) is 2.15. The third-order valence-electron chi connectivity index (χ3n) is 4.07. The molecule has 0 saturated heterocycles. The Balaban J connectivity index is 1.83. The Bertz CT molecular complexity index is 589. The Morgan fingerprint density at radius 3 is 2.60 bits per heavy atom. The summed E-state index contributed by atoms with van der Waals surface area (Å²) in [5, 5.41) is 23.0. The monoisotopic (exact) mass is 274 g/mol. The highest BCUT2D eigenvalue weighted by Gasteiger charge is 2.28. The normalized spacial score (nSPS) is 22.2. The third-order valence-corrected chi connectivity index (χ3v) is 4.07. The number of rotatable bonds is 3. The Morgan fingerprint density at radius 1 is 1.20 bits per heavy atom. The quantitative estimate of drug-likeness (QED) is 0.896.